The Balaban J connectivity index is 0.000000292. The Bertz CT molecular complexity index is 250. The van der Waals surface area contributed by atoms with Crippen molar-refractivity contribution >= 4 is 24.1 Å². The average molecular weight is 198 g/mol. The number of aromatic nitrogens is 3. The average Bonchev–Trinajstić information content (AvgIpc) is 2.02. The number of carbonyl (C=O) groups excluding carboxylic acids is 1. The van der Waals surface area contributed by atoms with E-state index >= 15 is 0 Å². The first-order chi connectivity index (χ1) is 6.45. The van der Waals surface area contributed by atoms with Crippen LogP contribution in [0.15, 0.2) is 0 Å². The van der Waals surface area contributed by atoms with Crippen molar-refractivity contribution in [3.05, 3.63) is 0 Å². The smallest absolute Gasteiger partial charge is 0.226 e. The third kappa shape index (κ3) is 5.70. The van der Waals surface area contributed by atoms with Crippen LogP contribution < -0.4 is 17.2 Å². The summed E-state index contributed by atoms with van der Waals surface area (Å²) in [5.41, 5.74) is 15.4. The van der Waals surface area contributed by atoms with Crippen molar-refractivity contribution in [2.75, 3.05) is 17.2 Å². The Morgan fingerprint density at radius 1 is 1.00 bits per heavy atom. The van der Waals surface area contributed by atoms with Gasteiger partial charge < -0.3 is 22.0 Å². The summed E-state index contributed by atoms with van der Waals surface area (Å²) in [4.78, 5) is 20.0. The van der Waals surface area contributed by atoms with E-state index in [4.69, 9.17) is 17.2 Å². The van der Waals surface area contributed by atoms with Gasteiger partial charge in [-0.15, -0.1) is 0 Å². The van der Waals surface area contributed by atoms with E-state index < -0.39 is 0 Å². The monoisotopic (exact) mass is 198 g/mol. The molecule has 14 heavy (non-hydrogen) atoms. The molecule has 6 N–H and O–H groups in total. The molecule has 0 atom stereocenters. The van der Waals surface area contributed by atoms with Crippen LogP contribution >= 0.6 is 0 Å². The van der Waals surface area contributed by atoms with Gasteiger partial charge in [-0.25, -0.2) is 0 Å². The van der Waals surface area contributed by atoms with E-state index in [9.17, 15) is 4.79 Å². The zero-order valence-corrected chi connectivity index (χ0v) is 8.14. The van der Waals surface area contributed by atoms with Crippen LogP contribution in [0.1, 0.15) is 13.8 Å². The van der Waals surface area contributed by atoms with Crippen molar-refractivity contribution in [3.63, 3.8) is 0 Å². The second-order valence-electron chi connectivity index (χ2n) is 2.79. The zero-order valence-electron chi connectivity index (χ0n) is 8.14. The highest BCUT2D eigenvalue weighted by Gasteiger charge is 1.93. The molecule has 0 aliphatic rings. The quantitative estimate of drug-likeness (QED) is 0.516. The Hall–Kier alpha value is -1.92. The number of hydrogen-bond acceptors (Lipinski definition) is 7. The third-order valence-corrected chi connectivity index (χ3v) is 0.959. The second-order valence-corrected chi connectivity index (χ2v) is 2.79. The SMILES string of the molecule is CC(C)C=O.Nc1nc(N)nc(N)n1. The molecule has 0 radical (unpaired) electrons. The highest BCUT2D eigenvalue weighted by Crippen LogP contribution is 1.97. The molecule has 0 amide bonds. The molecule has 0 aliphatic carbocycles. The number of carbonyl (C=O) groups is 1. The minimum atomic E-state index is 0.0417. The molecule has 1 heterocycles. The molecular formula is C7H14N6O. The molecule has 0 fully saturated rings. The minimum absolute atomic E-state index is 0.0417. The molecule has 0 aliphatic heterocycles. The third-order valence-electron chi connectivity index (χ3n) is 0.959. The van der Waals surface area contributed by atoms with E-state index in [1.165, 1.54) is 0 Å². The maximum absolute atomic E-state index is 9.50. The van der Waals surface area contributed by atoms with Gasteiger partial charge in [0.15, 0.2) is 0 Å². The number of rotatable bonds is 1. The van der Waals surface area contributed by atoms with Gasteiger partial charge in [-0.2, -0.15) is 15.0 Å². The maximum atomic E-state index is 9.50. The molecule has 0 saturated carbocycles. The molecule has 0 unspecified atom stereocenters. The van der Waals surface area contributed by atoms with Gasteiger partial charge in [0.25, 0.3) is 0 Å². The fourth-order valence-corrected chi connectivity index (χ4v) is 0.427. The van der Waals surface area contributed by atoms with Crippen molar-refractivity contribution in [1.29, 1.82) is 0 Å². The van der Waals surface area contributed by atoms with Gasteiger partial charge in [-0.1, -0.05) is 13.8 Å². The lowest BCUT2D eigenvalue weighted by Gasteiger charge is -1.93. The fourth-order valence-electron chi connectivity index (χ4n) is 0.427. The van der Waals surface area contributed by atoms with Crippen LogP contribution in [0.2, 0.25) is 0 Å². The van der Waals surface area contributed by atoms with E-state index in [0.717, 1.165) is 6.29 Å². The van der Waals surface area contributed by atoms with Crippen molar-refractivity contribution in [3.8, 4) is 0 Å². The number of anilines is 3. The van der Waals surface area contributed by atoms with E-state index in [1.54, 1.807) is 0 Å². The van der Waals surface area contributed by atoms with Crippen molar-refractivity contribution in [2.24, 2.45) is 5.92 Å². The zero-order chi connectivity index (χ0) is 11.1. The van der Waals surface area contributed by atoms with Crippen LogP contribution in [0.25, 0.3) is 0 Å². The summed E-state index contributed by atoms with van der Waals surface area (Å²) in [6.07, 6.45) is 0.917. The van der Waals surface area contributed by atoms with Crippen molar-refractivity contribution in [2.45, 2.75) is 13.8 Å². The van der Waals surface area contributed by atoms with Gasteiger partial charge in [0.2, 0.25) is 17.8 Å². The Labute approximate surface area is 81.7 Å². The van der Waals surface area contributed by atoms with Crippen LogP contribution in [0, 0.1) is 5.92 Å². The lowest BCUT2D eigenvalue weighted by atomic mass is 10.3. The number of nitrogens with zero attached hydrogens (tertiary/aromatic N) is 3. The van der Waals surface area contributed by atoms with E-state index in [0.29, 0.717) is 0 Å². The summed E-state index contributed by atoms with van der Waals surface area (Å²) in [6.45, 7) is 3.71. The second kappa shape index (κ2) is 5.68. The van der Waals surface area contributed by atoms with E-state index in [2.05, 4.69) is 15.0 Å². The van der Waals surface area contributed by atoms with Crippen LogP contribution in [-0.2, 0) is 4.79 Å². The molecular weight excluding hydrogens is 184 g/mol. The topological polar surface area (TPSA) is 134 Å². The Morgan fingerprint density at radius 2 is 1.21 bits per heavy atom. The van der Waals surface area contributed by atoms with Gasteiger partial charge >= 0.3 is 0 Å². The Morgan fingerprint density at radius 3 is 1.36 bits per heavy atom. The highest BCUT2D eigenvalue weighted by molar-refractivity contribution is 5.51. The lowest BCUT2D eigenvalue weighted by Crippen LogP contribution is -2.05. The van der Waals surface area contributed by atoms with Gasteiger partial charge in [-0.3, -0.25) is 0 Å². The number of nitrogens with two attached hydrogens (primary N) is 3. The van der Waals surface area contributed by atoms with Crippen molar-refractivity contribution in [1.82, 2.24) is 15.0 Å². The van der Waals surface area contributed by atoms with Crippen LogP contribution in [-0.4, -0.2) is 21.2 Å². The predicted molar refractivity (Wildman–Crippen MR) is 54.0 cm³/mol. The molecule has 7 heteroatoms. The standard InChI is InChI=1S/C4H8O.C3H6N6/c1-4(2)3-5;4-1-7-2(5)9-3(6)8-1/h3-4H,1-2H3;(H6,4,5,6,7,8,9). The normalized spacial score (nSPS) is 9.07. The first kappa shape index (κ1) is 12.1. The van der Waals surface area contributed by atoms with E-state index in [1.807, 2.05) is 13.8 Å². The Kier molecular flexibility index (Phi) is 4.90. The fraction of sp³-hybridized carbons (Fsp3) is 0.429. The predicted octanol–water partition coefficient (Wildman–Crippen LogP) is -0.540. The molecule has 0 aromatic carbocycles. The molecule has 0 saturated heterocycles. The van der Waals surface area contributed by atoms with Gasteiger partial charge in [0, 0.05) is 5.92 Å². The summed E-state index contributed by atoms with van der Waals surface area (Å²) >= 11 is 0. The van der Waals surface area contributed by atoms with E-state index in [-0.39, 0.29) is 23.8 Å². The number of hydrogen-bond donors (Lipinski definition) is 3. The molecule has 7 nitrogen and oxygen atoms in total. The minimum Gasteiger partial charge on any atom is -0.368 e. The molecule has 1 rings (SSSR count). The lowest BCUT2D eigenvalue weighted by molar-refractivity contribution is -0.110. The number of nitrogen functional groups attached to an aromatic ring is 3. The largest absolute Gasteiger partial charge is 0.368 e. The molecule has 0 bridgehead atoms. The summed E-state index contributed by atoms with van der Waals surface area (Å²) in [5, 5.41) is 0. The van der Waals surface area contributed by atoms with Crippen molar-refractivity contribution < 1.29 is 4.79 Å². The summed E-state index contributed by atoms with van der Waals surface area (Å²) in [6, 6.07) is 0. The molecule has 1 aromatic rings. The van der Waals surface area contributed by atoms with Crippen LogP contribution in [0.3, 0.4) is 0 Å². The first-order valence-electron chi connectivity index (χ1n) is 3.93. The molecule has 78 valence electrons. The molecule has 0 spiro atoms. The highest BCUT2D eigenvalue weighted by atomic mass is 16.1. The molecule has 1 aromatic heterocycles. The first-order valence-corrected chi connectivity index (χ1v) is 3.93. The van der Waals surface area contributed by atoms with Gasteiger partial charge in [-0.05, 0) is 0 Å². The van der Waals surface area contributed by atoms with Gasteiger partial charge in [0.1, 0.15) is 6.29 Å². The summed E-state index contributed by atoms with van der Waals surface area (Å²) in [7, 11) is 0. The summed E-state index contributed by atoms with van der Waals surface area (Å²) in [5.74, 6) is 0.329. The van der Waals surface area contributed by atoms with Crippen LogP contribution in [0.5, 0.6) is 0 Å². The maximum Gasteiger partial charge on any atom is 0.226 e. The van der Waals surface area contributed by atoms with Gasteiger partial charge in [0.05, 0.1) is 0 Å². The number of aldehydes is 1. The summed E-state index contributed by atoms with van der Waals surface area (Å²) < 4.78 is 0. The van der Waals surface area contributed by atoms with Crippen LogP contribution in [0.4, 0.5) is 17.8 Å².